The van der Waals surface area contributed by atoms with Crippen LogP contribution in [-0.2, 0) is 11.3 Å². The van der Waals surface area contributed by atoms with Crippen LogP contribution in [0.25, 0.3) is 0 Å². The van der Waals surface area contributed by atoms with Crippen molar-refractivity contribution < 1.29 is 4.74 Å². The molecule has 1 saturated heterocycles. The lowest BCUT2D eigenvalue weighted by molar-refractivity contribution is 0.0343. The third kappa shape index (κ3) is 5.11. The predicted molar refractivity (Wildman–Crippen MR) is 83.2 cm³/mol. The molecule has 0 bridgehead atoms. The molecule has 4 nitrogen and oxygen atoms in total. The Balaban J connectivity index is 1.77. The first kappa shape index (κ1) is 15.4. The Labute approximate surface area is 131 Å². The predicted octanol–water partition coefficient (Wildman–Crippen LogP) is 2.42. The zero-order chi connectivity index (χ0) is 13.7. The van der Waals surface area contributed by atoms with Crippen molar-refractivity contribution in [2.45, 2.75) is 19.5 Å². The van der Waals surface area contributed by atoms with Gasteiger partial charge in [-0.3, -0.25) is 9.88 Å². The van der Waals surface area contributed by atoms with Crippen molar-refractivity contribution in [1.82, 2.24) is 15.2 Å². The molecule has 1 atom stereocenters. The van der Waals surface area contributed by atoms with Crippen LogP contribution < -0.4 is 5.32 Å². The number of nitrogens with one attached hydrogen (secondary N) is 1. The first-order chi connectivity index (χ1) is 9.15. The quantitative estimate of drug-likeness (QED) is 0.834. The van der Waals surface area contributed by atoms with Gasteiger partial charge in [0, 0.05) is 47.4 Å². The molecule has 106 valence electrons. The van der Waals surface area contributed by atoms with Crippen molar-refractivity contribution in [3.05, 3.63) is 26.9 Å². The van der Waals surface area contributed by atoms with E-state index in [0.29, 0.717) is 6.04 Å². The van der Waals surface area contributed by atoms with Crippen molar-refractivity contribution in [2.24, 2.45) is 0 Å². The summed E-state index contributed by atoms with van der Waals surface area (Å²) in [7, 11) is 0. The van der Waals surface area contributed by atoms with Crippen molar-refractivity contribution in [1.29, 1.82) is 0 Å². The lowest BCUT2D eigenvalue weighted by Crippen LogP contribution is -2.44. The van der Waals surface area contributed by atoms with E-state index >= 15 is 0 Å². The van der Waals surface area contributed by atoms with Crippen LogP contribution in [-0.4, -0.2) is 48.8 Å². The molecule has 1 aromatic heterocycles. The zero-order valence-corrected chi connectivity index (χ0v) is 14.2. The van der Waals surface area contributed by atoms with E-state index in [4.69, 9.17) is 4.74 Å². The molecule has 2 rings (SSSR count). The highest BCUT2D eigenvalue weighted by Crippen LogP contribution is 2.19. The number of nitrogens with zero attached hydrogens (tertiary/aromatic N) is 2. The maximum absolute atomic E-state index is 5.35. The van der Waals surface area contributed by atoms with Crippen LogP contribution in [0, 0.1) is 0 Å². The molecular formula is C13H19Br2N3O. The van der Waals surface area contributed by atoms with E-state index in [0.717, 1.165) is 54.0 Å². The number of morpholine rings is 1. The Bertz CT molecular complexity index is 411. The Morgan fingerprint density at radius 2 is 2.16 bits per heavy atom. The monoisotopic (exact) mass is 391 g/mol. The van der Waals surface area contributed by atoms with Crippen LogP contribution in [0.5, 0.6) is 0 Å². The second kappa shape index (κ2) is 7.69. The molecule has 1 unspecified atom stereocenters. The van der Waals surface area contributed by atoms with Crippen LogP contribution >= 0.6 is 31.9 Å². The SMILES string of the molecule is CC(CN1CCOCC1)NCc1ncc(Br)cc1Br. The minimum Gasteiger partial charge on any atom is -0.379 e. The van der Waals surface area contributed by atoms with E-state index in [1.54, 1.807) is 0 Å². The van der Waals surface area contributed by atoms with Crippen LogP contribution in [0.3, 0.4) is 0 Å². The molecule has 2 heterocycles. The van der Waals surface area contributed by atoms with E-state index in [1.165, 1.54) is 0 Å². The van der Waals surface area contributed by atoms with Crippen molar-refractivity contribution in [2.75, 3.05) is 32.8 Å². The minimum absolute atomic E-state index is 0.440. The molecule has 0 spiro atoms. The molecule has 1 aromatic rings. The van der Waals surface area contributed by atoms with Gasteiger partial charge < -0.3 is 10.1 Å². The summed E-state index contributed by atoms with van der Waals surface area (Å²) in [5.41, 5.74) is 1.04. The molecule has 1 aliphatic heterocycles. The van der Waals surface area contributed by atoms with E-state index in [9.17, 15) is 0 Å². The average molecular weight is 393 g/mol. The fourth-order valence-corrected chi connectivity index (χ4v) is 3.21. The highest BCUT2D eigenvalue weighted by Gasteiger charge is 2.13. The van der Waals surface area contributed by atoms with Gasteiger partial charge in [0.05, 0.1) is 18.9 Å². The van der Waals surface area contributed by atoms with E-state index in [1.807, 2.05) is 12.3 Å². The molecule has 1 N–H and O–H groups in total. The number of hydrogen-bond donors (Lipinski definition) is 1. The summed E-state index contributed by atoms with van der Waals surface area (Å²) in [6.45, 7) is 7.82. The molecule has 0 aliphatic carbocycles. The summed E-state index contributed by atoms with van der Waals surface area (Å²) in [6, 6.07) is 2.46. The van der Waals surface area contributed by atoms with Crippen LogP contribution in [0.4, 0.5) is 0 Å². The largest absolute Gasteiger partial charge is 0.379 e. The van der Waals surface area contributed by atoms with Gasteiger partial charge in [0.1, 0.15) is 0 Å². The summed E-state index contributed by atoms with van der Waals surface area (Å²) >= 11 is 6.95. The second-order valence-corrected chi connectivity index (χ2v) is 6.55. The summed E-state index contributed by atoms with van der Waals surface area (Å²) in [4.78, 5) is 6.84. The summed E-state index contributed by atoms with van der Waals surface area (Å²) in [6.07, 6.45) is 1.83. The lowest BCUT2D eigenvalue weighted by atomic mass is 10.2. The number of aromatic nitrogens is 1. The van der Waals surface area contributed by atoms with Crippen molar-refractivity contribution in [3.8, 4) is 0 Å². The van der Waals surface area contributed by atoms with Gasteiger partial charge in [-0.1, -0.05) is 0 Å². The number of rotatable bonds is 5. The van der Waals surface area contributed by atoms with E-state index in [2.05, 4.69) is 54.0 Å². The van der Waals surface area contributed by atoms with E-state index < -0.39 is 0 Å². The smallest absolute Gasteiger partial charge is 0.0684 e. The maximum atomic E-state index is 5.35. The average Bonchev–Trinajstić information content (AvgIpc) is 2.39. The topological polar surface area (TPSA) is 37.4 Å². The maximum Gasteiger partial charge on any atom is 0.0684 e. The summed E-state index contributed by atoms with van der Waals surface area (Å²) < 4.78 is 7.38. The Morgan fingerprint density at radius 1 is 1.42 bits per heavy atom. The molecule has 19 heavy (non-hydrogen) atoms. The Hall–Kier alpha value is -0.0100. The minimum atomic E-state index is 0.440. The number of halogens is 2. The van der Waals surface area contributed by atoms with Gasteiger partial charge in [0.2, 0.25) is 0 Å². The highest BCUT2D eigenvalue weighted by molar-refractivity contribution is 9.11. The zero-order valence-electron chi connectivity index (χ0n) is 11.0. The highest BCUT2D eigenvalue weighted by atomic mass is 79.9. The van der Waals surface area contributed by atoms with Gasteiger partial charge in [-0.2, -0.15) is 0 Å². The number of hydrogen-bond acceptors (Lipinski definition) is 4. The molecular weight excluding hydrogens is 374 g/mol. The van der Waals surface area contributed by atoms with Gasteiger partial charge in [-0.15, -0.1) is 0 Å². The Morgan fingerprint density at radius 3 is 2.84 bits per heavy atom. The van der Waals surface area contributed by atoms with Gasteiger partial charge in [-0.25, -0.2) is 0 Å². The van der Waals surface area contributed by atoms with Crippen LogP contribution in [0.2, 0.25) is 0 Å². The fraction of sp³-hybridized carbons (Fsp3) is 0.615. The Kier molecular flexibility index (Phi) is 6.22. The second-order valence-electron chi connectivity index (χ2n) is 4.78. The molecule has 0 radical (unpaired) electrons. The van der Waals surface area contributed by atoms with Gasteiger partial charge in [0.25, 0.3) is 0 Å². The molecule has 1 fully saturated rings. The summed E-state index contributed by atoms with van der Waals surface area (Å²) in [5.74, 6) is 0. The number of ether oxygens (including phenoxy) is 1. The third-order valence-corrected chi connectivity index (χ3v) is 4.26. The van der Waals surface area contributed by atoms with E-state index in [-0.39, 0.29) is 0 Å². The van der Waals surface area contributed by atoms with Gasteiger partial charge in [-0.05, 0) is 44.8 Å². The molecule has 6 heteroatoms. The lowest BCUT2D eigenvalue weighted by Gasteiger charge is -2.29. The fourth-order valence-electron chi connectivity index (χ4n) is 2.08. The first-order valence-electron chi connectivity index (χ1n) is 6.48. The van der Waals surface area contributed by atoms with Gasteiger partial charge >= 0.3 is 0 Å². The number of pyridine rings is 1. The molecule has 0 aromatic carbocycles. The first-order valence-corrected chi connectivity index (χ1v) is 8.07. The van der Waals surface area contributed by atoms with Crippen molar-refractivity contribution in [3.63, 3.8) is 0 Å². The normalized spacial score (nSPS) is 18.5. The molecule has 0 saturated carbocycles. The third-order valence-electron chi connectivity index (χ3n) is 3.14. The van der Waals surface area contributed by atoms with Crippen molar-refractivity contribution >= 4 is 31.9 Å². The molecule has 0 amide bonds. The van der Waals surface area contributed by atoms with Crippen LogP contribution in [0.1, 0.15) is 12.6 Å². The van der Waals surface area contributed by atoms with Crippen LogP contribution in [0.15, 0.2) is 21.2 Å². The standard InChI is InChI=1S/C13H19Br2N3O/c1-10(9-18-2-4-19-5-3-18)16-8-13-12(15)6-11(14)7-17-13/h6-7,10,16H,2-5,8-9H2,1H3. The summed E-state index contributed by atoms with van der Waals surface area (Å²) in [5, 5.41) is 3.52. The molecule has 1 aliphatic rings. The van der Waals surface area contributed by atoms with Gasteiger partial charge in [0.15, 0.2) is 0 Å².